The summed E-state index contributed by atoms with van der Waals surface area (Å²) in [5.41, 5.74) is 0.374. The van der Waals surface area contributed by atoms with Gasteiger partial charge in [0.05, 0.1) is 11.0 Å². The summed E-state index contributed by atoms with van der Waals surface area (Å²) in [6, 6.07) is 4.75. The van der Waals surface area contributed by atoms with Crippen LogP contribution in [0.1, 0.15) is 44.9 Å². The highest BCUT2D eigenvalue weighted by atomic mass is 16.6. The summed E-state index contributed by atoms with van der Waals surface area (Å²) in [7, 11) is 0. The normalized spacial score (nSPS) is 16.4. The van der Waals surface area contributed by atoms with E-state index in [0.717, 1.165) is 43.6 Å². The molecule has 0 bridgehead atoms. The lowest BCUT2D eigenvalue weighted by Gasteiger charge is -2.27. The van der Waals surface area contributed by atoms with Crippen molar-refractivity contribution in [3.63, 3.8) is 0 Å². The van der Waals surface area contributed by atoms with Crippen molar-refractivity contribution in [3.8, 4) is 0 Å². The van der Waals surface area contributed by atoms with Crippen LogP contribution < -0.4 is 5.32 Å². The molecule has 1 aliphatic carbocycles. The lowest BCUT2D eigenvalue weighted by molar-refractivity contribution is -0.384. The number of hydrogen-bond donors (Lipinski definition) is 2. The third kappa shape index (κ3) is 4.42. The SMILES string of the molecule is O=C(Nc1ccc([N+](=O)[O-])cc1)N(O)C1CCCCCCC1. The Morgan fingerprint density at radius 3 is 2.23 bits per heavy atom. The fourth-order valence-electron chi connectivity index (χ4n) is 2.69. The van der Waals surface area contributed by atoms with Crippen LogP contribution in [0.15, 0.2) is 24.3 Å². The number of hydroxylamine groups is 2. The number of carbonyl (C=O) groups excluding carboxylic acids is 1. The average Bonchev–Trinajstić information content (AvgIpc) is 2.47. The first-order valence-corrected chi connectivity index (χ1v) is 7.61. The molecule has 0 aromatic heterocycles. The van der Waals surface area contributed by atoms with Gasteiger partial charge in [0.25, 0.3) is 5.69 Å². The predicted molar refractivity (Wildman–Crippen MR) is 81.8 cm³/mol. The van der Waals surface area contributed by atoms with E-state index in [1.807, 2.05) is 0 Å². The monoisotopic (exact) mass is 307 g/mol. The maximum absolute atomic E-state index is 12.1. The fraction of sp³-hybridized carbons (Fsp3) is 0.533. The molecule has 1 aromatic rings. The van der Waals surface area contributed by atoms with Gasteiger partial charge in [-0.3, -0.25) is 15.3 Å². The number of hydrogen-bond acceptors (Lipinski definition) is 4. The summed E-state index contributed by atoms with van der Waals surface area (Å²) in [6.07, 6.45) is 7.09. The number of non-ortho nitro benzene ring substituents is 1. The summed E-state index contributed by atoms with van der Waals surface area (Å²) in [4.78, 5) is 22.1. The summed E-state index contributed by atoms with van der Waals surface area (Å²) < 4.78 is 0. The number of nitrogens with zero attached hydrogens (tertiary/aromatic N) is 2. The minimum absolute atomic E-state index is 0.0427. The molecule has 7 heteroatoms. The number of urea groups is 1. The smallest absolute Gasteiger partial charge is 0.306 e. The van der Waals surface area contributed by atoms with Gasteiger partial charge in [0.2, 0.25) is 0 Å². The van der Waals surface area contributed by atoms with E-state index < -0.39 is 11.0 Å². The number of amides is 2. The van der Waals surface area contributed by atoms with Gasteiger partial charge in [-0.1, -0.05) is 32.1 Å². The molecular formula is C15H21N3O4. The molecule has 2 rings (SSSR count). The molecule has 120 valence electrons. The summed E-state index contributed by atoms with van der Waals surface area (Å²) in [5, 5.41) is 24.0. The second kappa shape index (κ2) is 7.74. The molecule has 0 aliphatic heterocycles. The van der Waals surface area contributed by atoms with Gasteiger partial charge in [0, 0.05) is 17.8 Å². The van der Waals surface area contributed by atoms with E-state index in [1.165, 1.54) is 30.7 Å². The van der Waals surface area contributed by atoms with E-state index in [2.05, 4.69) is 5.32 Å². The van der Waals surface area contributed by atoms with Crippen LogP contribution in [0.25, 0.3) is 0 Å². The largest absolute Gasteiger partial charge is 0.345 e. The molecule has 2 N–H and O–H groups in total. The number of rotatable bonds is 3. The van der Waals surface area contributed by atoms with Gasteiger partial charge >= 0.3 is 6.03 Å². The van der Waals surface area contributed by atoms with Gasteiger partial charge in [-0.25, -0.2) is 9.86 Å². The Labute approximate surface area is 129 Å². The Morgan fingerprint density at radius 1 is 1.14 bits per heavy atom. The Bertz CT molecular complexity index is 510. The minimum Gasteiger partial charge on any atom is -0.306 e. The van der Waals surface area contributed by atoms with E-state index in [4.69, 9.17) is 0 Å². The van der Waals surface area contributed by atoms with Crippen molar-refractivity contribution in [1.29, 1.82) is 0 Å². The molecule has 1 aliphatic rings. The molecule has 0 unspecified atom stereocenters. The third-order valence-corrected chi connectivity index (χ3v) is 3.96. The first-order valence-electron chi connectivity index (χ1n) is 7.61. The fourth-order valence-corrected chi connectivity index (χ4v) is 2.69. The first-order chi connectivity index (χ1) is 10.6. The van der Waals surface area contributed by atoms with Crippen molar-refractivity contribution in [1.82, 2.24) is 5.06 Å². The van der Waals surface area contributed by atoms with Gasteiger partial charge in [0.15, 0.2) is 0 Å². The molecule has 22 heavy (non-hydrogen) atoms. The van der Waals surface area contributed by atoms with E-state index in [-0.39, 0.29) is 11.7 Å². The highest BCUT2D eigenvalue weighted by Gasteiger charge is 2.22. The van der Waals surface area contributed by atoms with Crippen molar-refractivity contribution >= 4 is 17.4 Å². The number of carbonyl (C=O) groups is 1. The molecular weight excluding hydrogens is 286 g/mol. The Hall–Kier alpha value is -2.15. The molecule has 0 heterocycles. The quantitative estimate of drug-likeness (QED) is 0.502. The topological polar surface area (TPSA) is 95.7 Å². The molecule has 0 atom stereocenters. The van der Waals surface area contributed by atoms with Crippen LogP contribution in [-0.2, 0) is 0 Å². The molecule has 2 amide bonds. The number of nitrogens with one attached hydrogen (secondary N) is 1. The van der Waals surface area contributed by atoms with Crippen molar-refractivity contribution in [2.24, 2.45) is 0 Å². The Morgan fingerprint density at radius 2 is 1.68 bits per heavy atom. The van der Waals surface area contributed by atoms with E-state index >= 15 is 0 Å². The lowest BCUT2D eigenvalue weighted by atomic mass is 9.96. The molecule has 1 fully saturated rings. The zero-order valence-electron chi connectivity index (χ0n) is 12.4. The van der Waals surface area contributed by atoms with Crippen LogP contribution in [0.2, 0.25) is 0 Å². The van der Waals surface area contributed by atoms with Crippen molar-refractivity contribution in [2.45, 2.75) is 51.0 Å². The van der Waals surface area contributed by atoms with Gasteiger partial charge < -0.3 is 5.32 Å². The van der Waals surface area contributed by atoms with E-state index in [0.29, 0.717) is 5.69 Å². The lowest BCUT2D eigenvalue weighted by Crippen LogP contribution is -2.40. The first kappa shape index (κ1) is 16.2. The van der Waals surface area contributed by atoms with Crippen LogP contribution in [0.5, 0.6) is 0 Å². The molecule has 0 radical (unpaired) electrons. The maximum atomic E-state index is 12.1. The van der Waals surface area contributed by atoms with Gasteiger partial charge in [-0.15, -0.1) is 0 Å². The highest BCUT2D eigenvalue weighted by Crippen LogP contribution is 2.21. The van der Waals surface area contributed by atoms with Crippen molar-refractivity contribution in [3.05, 3.63) is 34.4 Å². The minimum atomic E-state index is -0.598. The highest BCUT2D eigenvalue weighted by molar-refractivity contribution is 5.88. The van der Waals surface area contributed by atoms with Crippen molar-refractivity contribution < 1.29 is 14.9 Å². The van der Waals surface area contributed by atoms with Crippen LogP contribution >= 0.6 is 0 Å². The van der Waals surface area contributed by atoms with Crippen LogP contribution in [0.3, 0.4) is 0 Å². The van der Waals surface area contributed by atoms with E-state index in [9.17, 15) is 20.1 Å². The molecule has 7 nitrogen and oxygen atoms in total. The predicted octanol–water partition coefficient (Wildman–Crippen LogP) is 3.93. The molecule has 0 spiro atoms. The zero-order valence-corrected chi connectivity index (χ0v) is 12.4. The van der Waals surface area contributed by atoms with Gasteiger partial charge in [0.1, 0.15) is 0 Å². The van der Waals surface area contributed by atoms with Crippen molar-refractivity contribution in [2.75, 3.05) is 5.32 Å². The van der Waals surface area contributed by atoms with Crippen LogP contribution in [-0.4, -0.2) is 27.3 Å². The molecule has 0 saturated heterocycles. The third-order valence-electron chi connectivity index (χ3n) is 3.96. The number of nitro benzene ring substituents is 1. The van der Waals surface area contributed by atoms with E-state index in [1.54, 1.807) is 0 Å². The summed E-state index contributed by atoms with van der Waals surface area (Å²) in [6.45, 7) is 0. The standard InChI is InChI=1S/C15H21N3O4/c19-15(16-12-8-10-14(11-9-12)18(21)22)17(20)13-6-4-2-1-3-5-7-13/h8-11,13,20H,1-7H2,(H,16,19). The zero-order chi connectivity index (χ0) is 15.9. The summed E-state index contributed by atoms with van der Waals surface area (Å²) >= 11 is 0. The van der Waals surface area contributed by atoms with Crippen LogP contribution in [0, 0.1) is 10.1 Å². The number of nitro groups is 1. The maximum Gasteiger partial charge on any atom is 0.345 e. The number of benzene rings is 1. The second-order valence-electron chi connectivity index (χ2n) is 5.58. The Kier molecular flexibility index (Phi) is 5.71. The number of anilines is 1. The van der Waals surface area contributed by atoms with Crippen LogP contribution in [0.4, 0.5) is 16.2 Å². The molecule has 1 saturated carbocycles. The average molecular weight is 307 g/mol. The second-order valence-corrected chi connectivity index (χ2v) is 5.58. The van der Waals surface area contributed by atoms with Gasteiger partial charge in [-0.05, 0) is 25.0 Å². The molecule has 1 aromatic carbocycles. The van der Waals surface area contributed by atoms with Gasteiger partial charge in [-0.2, -0.15) is 0 Å². The summed E-state index contributed by atoms with van der Waals surface area (Å²) in [5.74, 6) is 0. The Balaban J connectivity index is 1.93.